The van der Waals surface area contributed by atoms with E-state index in [1.807, 2.05) is 38.1 Å². The number of halogens is 1. The summed E-state index contributed by atoms with van der Waals surface area (Å²) in [6.45, 7) is 5.28. The largest absolute Gasteiger partial charge is 0.459 e. The average molecular weight is 477 g/mol. The van der Waals surface area contributed by atoms with Gasteiger partial charge in [0.15, 0.2) is 0 Å². The number of fused-ring (bicyclic) bond motifs is 3. The Morgan fingerprint density at radius 2 is 1.76 bits per heavy atom. The molecule has 3 atom stereocenters. The molecule has 3 heterocycles. The number of rotatable bonds is 9. The second-order valence-corrected chi connectivity index (χ2v) is 9.65. The highest BCUT2D eigenvalue weighted by Crippen LogP contribution is 2.37. The van der Waals surface area contributed by atoms with Crippen LogP contribution >= 0.6 is 12.4 Å². The van der Waals surface area contributed by atoms with Gasteiger partial charge in [-0.2, -0.15) is 0 Å². The van der Waals surface area contributed by atoms with Crippen molar-refractivity contribution in [1.29, 1.82) is 0 Å². The Morgan fingerprint density at radius 3 is 2.42 bits per heavy atom. The van der Waals surface area contributed by atoms with Crippen LogP contribution in [0.5, 0.6) is 0 Å². The summed E-state index contributed by atoms with van der Waals surface area (Å²) < 4.78 is 7.61. The summed E-state index contributed by atoms with van der Waals surface area (Å²) in [6.07, 6.45) is 8.18. The van der Waals surface area contributed by atoms with Gasteiger partial charge in [0.2, 0.25) is 0 Å². The van der Waals surface area contributed by atoms with Crippen molar-refractivity contribution in [3.8, 4) is 0 Å². The van der Waals surface area contributed by atoms with Crippen molar-refractivity contribution in [3.63, 3.8) is 0 Å². The molecular formula is C26H37ClN2O4. The maximum Gasteiger partial charge on any atom is 0.344 e. The van der Waals surface area contributed by atoms with Gasteiger partial charge in [-0.25, -0.2) is 4.79 Å². The monoisotopic (exact) mass is 476 g/mol. The van der Waals surface area contributed by atoms with Gasteiger partial charge in [0, 0.05) is 37.6 Å². The summed E-state index contributed by atoms with van der Waals surface area (Å²) in [6, 6.07) is 10.3. The molecule has 2 aromatic rings. The predicted molar refractivity (Wildman–Crippen MR) is 133 cm³/mol. The van der Waals surface area contributed by atoms with E-state index in [4.69, 9.17) is 9.84 Å². The van der Waals surface area contributed by atoms with Crippen molar-refractivity contribution in [2.75, 3.05) is 13.2 Å². The standard InChI is InChI=1S/C26H36N2O4.ClH/c1-18(2)28-24-10-6-5-9-19(24)15-23(25(28)30)26(31)32-22-16-20-11-12-21(17-22)27(20)13-7-3-4-8-14-29;/h5-6,9-10,15,18,20-22,29H,3-4,7-8,11-14,16-17H2,1-2H3;1H/t20-,21+,22?;. The minimum absolute atomic E-state index is 0. The lowest BCUT2D eigenvalue weighted by Gasteiger charge is -2.38. The highest BCUT2D eigenvalue weighted by molar-refractivity contribution is 5.94. The van der Waals surface area contributed by atoms with Crippen LogP contribution in [0.3, 0.4) is 0 Å². The Morgan fingerprint density at radius 1 is 1.09 bits per heavy atom. The van der Waals surface area contributed by atoms with Crippen molar-refractivity contribution in [2.45, 2.75) is 89.4 Å². The molecule has 0 aliphatic carbocycles. The Kier molecular flexibility index (Phi) is 8.96. The van der Waals surface area contributed by atoms with E-state index in [-0.39, 0.29) is 42.3 Å². The zero-order chi connectivity index (χ0) is 22.7. The average Bonchev–Trinajstić information content (AvgIpc) is 3.00. The van der Waals surface area contributed by atoms with Crippen LogP contribution in [0.25, 0.3) is 10.9 Å². The molecule has 2 bridgehead atoms. The number of hydrogen-bond acceptors (Lipinski definition) is 5. The van der Waals surface area contributed by atoms with Crippen LogP contribution in [0.15, 0.2) is 35.1 Å². The van der Waals surface area contributed by atoms with Gasteiger partial charge in [0.1, 0.15) is 11.7 Å². The van der Waals surface area contributed by atoms with Crippen LogP contribution < -0.4 is 5.56 Å². The third kappa shape index (κ3) is 5.61. The molecule has 2 aliphatic heterocycles. The highest BCUT2D eigenvalue weighted by atomic mass is 35.5. The molecule has 4 rings (SSSR count). The Bertz CT molecular complexity index is 991. The van der Waals surface area contributed by atoms with Crippen LogP contribution in [0, 0.1) is 0 Å². The molecule has 0 amide bonds. The maximum atomic E-state index is 13.1. The minimum atomic E-state index is -0.489. The van der Waals surface area contributed by atoms with Gasteiger partial charge < -0.3 is 14.4 Å². The van der Waals surface area contributed by atoms with Gasteiger partial charge in [0.05, 0.1) is 5.52 Å². The van der Waals surface area contributed by atoms with Crippen LogP contribution in [-0.2, 0) is 4.74 Å². The molecule has 7 heteroatoms. The number of hydrogen-bond donors (Lipinski definition) is 1. The summed E-state index contributed by atoms with van der Waals surface area (Å²) in [5, 5.41) is 9.81. The van der Waals surface area contributed by atoms with E-state index in [2.05, 4.69) is 4.90 Å². The van der Waals surface area contributed by atoms with Gasteiger partial charge in [0.25, 0.3) is 5.56 Å². The molecule has 0 saturated carbocycles. The lowest BCUT2D eigenvalue weighted by molar-refractivity contribution is -0.00652. The molecule has 0 radical (unpaired) electrons. The molecule has 2 fully saturated rings. The molecule has 182 valence electrons. The fourth-order valence-corrected chi connectivity index (χ4v) is 5.60. The lowest BCUT2D eigenvalue weighted by Crippen LogP contribution is -2.46. The first-order chi connectivity index (χ1) is 15.5. The SMILES string of the molecule is CC(C)n1c(=O)c(C(=O)OC2C[C@H]3CC[C@@H](C2)N3CCCCCCO)cc2ccccc21.Cl. The van der Waals surface area contributed by atoms with Gasteiger partial charge >= 0.3 is 5.97 Å². The number of ether oxygens (including phenoxy) is 1. The maximum absolute atomic E-state index is 13.1. The Hall–Kier alpha value is -1.89. The number of esters is 1. The number of carbonyl (C=O) groups is 1. The topological polar surface area (TPSA) is 71.8 Å². The van der Waals surface area contributed by atoms with Crippen LogP contribution in [0.2, 0.25) is 0 Å². The van der Waals surface area contributed by atoms with Crippen molar-refractivity contribution in [1.82, 2.24) is 9.47 Å². The number of aromatic nitrogens is 1. The van der Waals surface area contributed by atoms with E-state index < -0.39 is 5.97 Å². The van der Waals surface area contributed by atoms with Gasteiger partial charge in [-0.1, -0.05) is 31.0 Å². The number of pyridine rings is 1. The van der Waals surface area contributed by atoms with Gasteiger partial charge in [-0.05, 0) is 63.6 Å². The molecule has 2 aliphatic rings. The van der Waals surface area contributed by atoms with Gasteiger partial charge in [-0.15, -0.1) is 12.4 Å². The molecule has 1 unspecified atom stereocenters. The third-order valence-electron chi connectivity index (χ3n) is 7.12. The first kappa shape index (κ1) is 25.7. The van der Waals surface area contributed by atoms with Crippen molar-refractivity contribution in [3.05, 3.63) is 46.2 Å². The second kappa shape index (κ2) is 11.5. The number of piperidine rings is 1. The lowest BCUT2D eigenvalue weighted by atomic mass is 9.99. The normalized spacial score (nSPS) is 22.5. The van der Waals surface area contributed by atoms with E-state index in [0.29, 0.717) is 12.1 Å². The van der Waals surface area contributed by atoms with Crippen LogP contribution in [0.1, 0.15) is 81.6 Å². The summed E-state index contributed by atoms with van der Waals surface area (Å²) in [7, 11) is 0. The molecule has 2 saturated heterocycles. The molecule has 1 aromatic carbocycles. The summed E-state index contributed by atoms with van der Waals surface area (Å²) in [5.74, 6) is -0.489. The van der Waals surface area contributed by atoms with E-state index in [1.165, 1.54) is 0 Å². The second-order valence-electron chi connectivity index (χ2n) is 9.65. The molecule has 0 spiro atoms. The molecule has 6 nitrogen and oxygen atoms in total. The predicted octanol–water partition coefficient (Wildman–Crippen LogP) is 4.71. The number of carbonyl (C=O) groups excluding carboxylic acids is 1. The van der Waals surface area contributed by atoms with Crippen LogP contribution in [-0.4, -0.2) is 51.9 Å². The van der Waals surface area contributed by atoms with E-state index >= 15 is 0 Å². The van der Waals surface area contributed by atoms with E-state index in [1.54, 1.807) is 10.6 Å². The number of para-hydroxylation sites is 1. The quantitative estimate of drug-likeness (QED) is 0.419. The number of unbranched alkanes of at least 4 members (excludes halogenated alkanes) is 3. The molecule has 1 N–H and O–H groups in total. The minimum Gasteiger partial charge on any atom is -0.459 e. The number of nitrogens with zero attached hydrogens (tertiary/aromatic N) is 2. The first-order valence-electron chi connectivity index (χ1n) is 12.2. The summed E-state index contributed by atoms with van der Waals surface area (Å²) in [5.41, 5.74) is 0.706. The van der Waals surface area contributed by atoms with Crippen molar-refractivity contribution >= 4 is 29.3 Å². The zero-order valence-electron chi connectivity index (χ0n) is 19.7. The Balaban J connectivity index is 0.00000306. The fraction of sp³-hybridized carbons (Fsp3) is 0.615. The molecule has 1 aromatic heterocycles. The summed E-state index contributed by atoms with van der Waals surface area (Å²) >= 11 is 0. The highest BCUT2D eigenvalue weighted by Gasteiger charge is 2.41. The molecule has 33 heavy (non-hydrogen) atoms. The summed E-state index contributed by atoms with van der Waals surface area (Å²) in [4.78, 5) is 28.8. The fourth-order valence-electron chi connectivity index (χ4n) is 5.60. The van der Waals surface area contributed by atoms with E-state index in [0.717, 1.165) is 68.8 Å². The zero-order valence-corrected chi connectivity index (χ0v) is 20.6. The van der Waals surface area contributed by atoms with E-state index in [9.17, 15) is 9.59 Å². The first-order valence-corrected chi connectivity index (χ1v) is 12.2. The number of aliphatic hydroxyl groups excluding tert-OH is 1. The van der Waals surface area contributed by atoms with Crippen molar-refractivity contribution in [2.24, 2.45) is 0 Å². The van der Waals surface area contributed by atoms with Crippen molar-refractivity contribution < 1.29 is 14.6 Å². The Labute approximate surface area is 202 Å². The smallest absolute Gasteiger partial charge is 0.344 e. The van der Waals surface area contributed by atoms with Gasteiger partial charge in [-0.3, -0.25) is 9.69 Å². The number of benzene rings is 1. The third-order valence-corrected chi connectivity index (χ3v) is 7.12. The molecular weight excluding hydrogens is 440 g/mol. The number of aliphatic hydroxyl groups is 1. The van der Waals surface area contributed by atoms with Crippen LogP contribution in [0.4, 0.5) is 0 Å².